The maximum Gasteiger partial charge on any atom is 0.102 e. The Kier molecular flexibility index (Phi) is 9.99. The zero-order chi connectivity index (χ0) is 12.3. The van der Waals surface area contributed by atoms with Crippen molar-refractivity contribution in [3.05, 3.63) is 0 Å². The summed E-state index contributed by atoms with van der Waals surface area (Å²) in [6, 6.07) is 0. The van der Waals surface area contributed by atoms with E-state index in [4.69, 9.17) is 9.47 Å². The van der Waals surface area contributed by atoms with E-state index in [9.17, 15) is 0 Å². The first-order valence-electron chi connectivity index (χ1n) is 6.75. The lowest BCUT2D eigenvalue weighted by Crippen LogP contribution is -2.49. The average molecular weight is 232 g/mol. The topological polar surface area (TPSA) is 18.5 Å². The van der Waals surface area contributed by atoms with Crippen LogP contribution in [0, 0.1) is 0 Å². The highest BCUT2D eigenvalue weighted by Crippen LogP contribution is 2.04. The van der Waals surface area contributed by atoms with Crippen LogP contribution in [0.3, 0.4) is 0 Å². The molecule has 0 radical (unpaired) electrons. The van der Waals surface area contributed by atoms with Crippen LogP contribution in [0.1, 0.15) is 34.1 Å². The summed E-state index contributed by atoms with van der Waals surface area (Å²) < 4.78 is 12.1. The van der Waals surface area contributed by atoms with Gasteiger partial charge in [-0.3, -0.25) is 0 Å². The standard InChI is InChI=1S/C13H30NO2/c1-5-10-15-12-13-16-11-9-14(6-2,7-3)8-4/h5-13H2,1-4H3/q+1. The zero-order valence-electron chi connectivity index (χ0n) is 11.6. The molecular weight excluding hydrogens is 202 g/mol. The van der Waals surface area contributed by atoms with Gasteiger partial charge >= 0.3 is 0 Å². The lowest BCUT2D eigenvalue weighted by atomic mass is 10.3. The summed E-state index contributed by atoms with van der Waals surface area (Å²) in [7, 11) is 0. The van der Waals surface area contributed by atoms with E-state index in [1.165, 1.54) is 19.6 Å². The van der Waals surface area contributed by atoms with E-state index in [1.807, 2.05) is 0 Å². The molecule has 0 fully saturated rings. The van der Waals surface area contributed by atoms with E-state index in [0.29, 0.717) is 0 Å². The monoisotopic (exact) mass is 232 g/mol. The summed E-state index contributed by atoms with van der Waals surface area (Å²) in [5.74, 6) is 0. The van der Waals surface area contributed by atoms with Crippen molar-refractivity contribution < 1.29 is 14.0 Å². The van der Waals surface area contributed by atoms with Crippen LogP contribution in [-0.2, 0) is 9.47 Å². The molecule has 0 unspecified atom stereocenters. The summed E-state index contributed by atoms with van der Waals surface area (Å²) in [6.45, 7) is 16.8. The Balaban J connectivity index is 3.48. The van der Waals surface area contributed by atoms with Crippen molar-refractivity contribution in [1.82, 2.24) is 0 Å². The summed E-state index contributed by atoms with van der Waals surface area (Å²) in [4.78, 5) is 0. The Bertz CT molecular complexity index is 139. The minimum atomic E-state index is 0.733. The van der Waals surface area contributed by atoms with E-state index < -0.39 is 0 Å². The summed E-state index contributed by atoms with van der Waals surface area (Å²) >= 11 is 0. The molecule has 0 aliphatic rings. The van der Waals surface area contributed by atoms with Gasteiger partial charge in [0.05, 0.1) is 39.5 Å². The number of nitrogens with zero attached hydrogens (tertiary/aromatic N) is 1. The van der Waals surface area contributed by atoms with Crippen molar-refractivity contribution in [2.45, 2.75) is 34.1 Å². The number of rotatable bonds is 11. The maximum atomic E-state index is 5.60. The fraction of sp³-hybridized carbons (Fsp3) is 1.00. The van der Waals surface area contributed by atoms with Gasteiger partial charge in [-0.2, -0.15) is 0 Å². The molecule has 98 valence electrons. The Labute approximate surface area is 101 Å². The van der Waals surface area contributed by atoms with E-state index in [1.54, 1.807) is 0 Å². The van der Waals surface area contributed by atoms with E-state index in [0.717, 1.165) is 43.9 Å². The van der Waals surface area contributed by atoms with Gasteiger partial charge in [0.2, 0.25) is 0 Å². The largest absolute Gasteiger partial charge is 0.379 e. The minimum absolute atomic E-state index is 0.733. The van der Waals surface area contributed by atoms with Crippen LogP contribution in [0.5, 0.6) is 0 Å². The third kappa shape index (κ3) is 6.46. The molecule has 0 amide bonds. The molecule has 0 aromatic heterocycles. The van der Waals surface area contributed by atoms with Gasteiger partial charge in [0, 0.05) is 6.61 Å². The quantitative estimate of drug-likeness (QED) is 0.402. The number of likely N-dealkylation sites (N-methyl/N-ethyl adjacent to an activating group) is 1. The first-order chi connectivity index (χ1) is 7.74. The van der Waals surface area contributed by atoms with Crippen molar-refractivity contribution in [2.75, 3.05) is 52.6 Å². The molecule has 0 N–H and O–H groups in total. The highest BCUT2D eigenvalue weighted by Gasteiger charge is 2.19. The van der Waals surface area contributed by atoms with E-state index >= 15 is 0 Å². The minimum Gasteiger partial charge on any atom is -0.379 e. The molecule has 0 saturated carbocycles. The zero-order valence-corrected chi connectivity index (χ0v) is 11.6. The van der Waals surface area contributed by atoms with Gasteiger partial charge in [0.1, 0.15) is 6.54 Å². The SMILES string of the molecule is CCCOCCOCC[N+](CC)(CC)CC. The Morgan fingerprint density at radius 1 is 0.688 bits per heavy atom. The molecule has 0 aliphatic carbocycles. The van der Waals surface area contributed by atoms with Crippen molar-refractivity contribution in [2.24, 2.45) is 0 Å². The van der Waals surface area contributed by atoms with Crippen LogP contribution in [0.4, 0.5) is 0 Å². The van der Waals surface area contributed by atoms with Crippen LogP contribution in [-0.4, -0.2) is 57.1 Å². The molecule has 0 heterocycles. The molecule has 16 heavy (non-hydrogen) atoms. The van der Waals surface area contributed by atoms with E-state index in [-0.39, 0.29) is 0 Å². The predicted molar refractivity (Wildman–Crippen MR) is 68.7 cm³/mol. The summed E-state index contributed by atoms with van der Waals surface area (Å²) in [5.41, 5.74) is 0. The van der Waals surface area contributed by atoms with Gasteiger partial charge in [-0.05, 0) is 27.2 Å². The second kappa shape index (κ2) is 10.1. The Morgan fingerprint density at radius 3 is 1.62 bits per heavy atom. The molecule has 3 heteroatoms. The third-order valence-corrected chi connectivity index (χ3v) is 3.44. The average Bonchev–Trinajstić information content (AvgIpc) is 2.34. The highest BCUT2D eigenvalue weighted by molar-refractivity contribution is 4.39. The van der Waals surface area contributed by atoms with Crippen molar-refractivity contribution in [1.29, 1.82) is 0 Å². The third-order valence-electron chi connectivity index (χ3n) is 3.44. The number of ether oxygens (including phenoxy) is 2. The predicted octanol–water partition coefficient (Wildman–Crippen LogP) is 2.31. The smallest absolute Gasteiger partial charge is 0.102 e. The van der Waals surface area contributed by atoms with Crippen LogP contribution >= 0.6 is 0 Å². The molecule has 0 aromatic carbocycles. The van der Waals surface area contributed by atoms with Gasteiger partial charge in [-0.15, -0.1) is 0 Å². The lowest BCUT2D eigenvalue weighted by Gasteiger charge is -2.35. The van der Waals surface area contributed by atoms with E-state index in [2.05, 4.69) is 27.7 Å². The number of hydrogen-bond donors (Lipinski definition) is 0. The molecule has 3 nitrogen and oxygen atoms in total. The van der Waals surface area contributed by atoms with Gasteiger partial charge in [-0.25, -0.2) is 0 Å². The number of quaternary nitrogens is 1. The maximum absolute atomic E-state index is 5.60. The number of hydrogen-bond acceptors (Lipinski definition) is 2. The van der Waals surface area contributed by atoms with Crippen LogP contribution in [0.2, 0.25) is 0 Å². The molecule has 0 bridgehead atoms. The summed E-state index contributed by atoms with van der Waals surface area (Å²) in [5, 5.41) is 0. The van der Waals surface area contributed by atoms with Gasteiger partial charge in [-0.1, -0.05) is 6.92 Å². The molecule has 0 rings (SSSR count). The Morgan fingerprint density at radius 2 is 1.19 bits per heavy atom. The first-order valence-corrected chi connectivity index (χ1v) is 6.75. The molecule has 0 spiro atoms. The second-order valence-corrected chi connectivity index (χ2v) is 4.24. The fourth-order valence-corrected chi connectivity index (χ4v) is 1.87. The van der Waals surface area contributed by atoms with Gasteiger partial charge in [0.15, 0.2) is 0 Å². The van der Waals surface area contributed by atoms with Gasteiger partial charge < -0.3 is 14.0 Å². The van der Waals surface area contributed by atoms with Crippen LogP contribution in [0.15, 0.2) is 0 Å². The Hall–Kier alpha value is -0.120. The second-order valence-electron chi connectivity index (χ2n) is 4.24. The molecule has 0 saturated heterocycles. The first kappa shape index (κ1) is 15.9. The van der Waals surface area contributed by atoms with Crippen LogP contribution in [0.25, 0.3) is 0 Å². The highest BCUT2D eigenvalue weighted by atomic mass is 16.5. The van der Waals surface area contributed by atoms with Crippen molar-refractivity contribution >= 4 is 0 Å². The fourth-order valence-electron chi connectivity index (χ4n) is 1.87. The van der Waals surface area contributed by atoms with Crippen molar-refractivity contribution in [3.63, 3.8) is 0 Å². The molecule has 0 aliphatic heterocycles. The lowest BCUT2D eigenvalue weighted by molar-refractivity contribution is -0.923. The molecule has 0 aromatic rings. The van der Waals surface area contributed by atoms with Crippen molar-refractivity contribution in [3.8, 4) is 0 Å². The molecular formula is C13H30NO2+. The van der Waals surface area contributed by atoms with Gasteiger partial charge in [0.25, 0.3) is 0 Å². The molecule has 0 atom stereocenters. The van der Waals surface area contributed by atoms with Crippen LogP contribution < -0.4 is 0 Å². The normalized spacial score (nSPS) is 12.0. The summed E-state index contributed by atoms with van der Waals surface area (Å²) in [6.07, 6.45) is 1.08.